The van der Waals surface area contributed by atoms with Gasteiger partial charge in [0, 0.05) is 0 Å². The fourth-order valence-corrected chi connectivity index (χ4v) is 4.89. The predicted molar refractivity (Wildman–Crippen MR) is 71.2 cm³/mol. The van der Waals surface area contributed by atoms with E-state index in [0.29, 0.717) is 6.61 Å². The molecule has 2 rings (SSSR count). The molecule has 1 fully saturated rings. The van der Waals surface area contributed by atoms with Gasteiger partial charge in [-0.25, -0.2) is 0 Å². The molecule has 1 atom stereocenters. The maximum atomic E-state index is 5.79. The first-order valence-corrected chi connectivity index (χ1v) is 16.2. The first-order chi connectivity index (χ1) is 8.05. The van der Waals surface area contributed by atoms with E-state index in [1.54, 1.807) is 0 Å². The third-order valence-corrected chi connectivity index (χ3v) is 8.11. The second-order valence-electron chi connectivity index (χ2n) is 5.56. The number of hydrogen-bond acceptors (Lipinski definition) is 3. The summed E-state index contributed by atoms with van der Waals surface area (Å²) in [4.78, 5) is 11.9. The topological polar surface area (TPSA) is 31.4 Å². The summed E-state index contributed by atoms with van der Waals surface area (Å²) in [6.45, 7) is 2.18. The van der Waals surface area contributed by atoms with E-state index >= 15 is 0 Å². The van der Waals surface area contributed by atoms with Crippen LogP contribution in [0.5, 0.6) is 0 Å². The molecule has 3 nitrogen and oxygen atoms in total. The number of pyridine rings is 1. The van der Waals surface area contributed by atoms with Gasteiger partial charge in [0.15, 0.2) is 0 Å². The number of rotatable bonds is 4. The molecular formula is C13H21NO2Sn. The molecule has 1 aliphatic rings. The predicted octanol–water partition coefficient (Wildman–Crippen LogP) is 1.93. The van der Waals surface area contributed by atoms with Crippen LogP contribution < -0.4 is 3.71 Å². The van der Waals surface area contributed by atoms with Gasteiger partial charge in [-0.05, 0) is 0 Å². The first-order valence-electron chi connectivity index (χ1n) is 6.21. The zero-order chi connectivity index (χ0) is 12.3. The molecular weight excluding hydrogens is 321 g/mol. The van der Waals surface area contributed by atoms with Crippen LogP contribution in [0.4, 0.5) is 0 Å². The van der Waals surface area contributed by atoms with Crippen molar-refractivity contribution in [1.29, 1.82) is 0 Å². The standard InChI is InChI=1S/C10H12NO2.3CH3.Sn/c1-2-5-11-9(3-1)7-13-10-4-6-12-8-10;;;;/h1-3,10H,4,6-8H2;3*1H3;/t10-;;;;/m0..../s1. The van der Waals surface area contributed by atoms with Crippen molar-refractivity contribution in [3.63, 3.8) is 0 Å². The van der Waals surface area contributed by atoms with Crippen LogP contribution in [-0.2, 0) is 16.1 Å². The normalized spacial score (nSPS) is 20.8. The average Bonchev–Trinajstić information content (AvgIpc) is 2.78. The molecule has 1 aromatic heterocycles. The molecule has 4 heteroatoms. The molecule has 0 radical (unpaired) electrons. The summed E-state index contributed by atoms with van der Waals surface area (Å²) >= 11 is -2.04. The van der Waals surface area contributed by atoms with Gasteiger partial charge in [0.25, 0.3) is 0 Å². The Morgan fingerprint density at radius 1 is 1.41 bits per heavy atom. The van der Waals surface area contributed by atoms with Crippen molar-refractivity contribution in [1.82, 2.24) is 4.98 Å². The molecule has 1 aromatic rings. The fourth-order valence-electron chi connectivity index (χ4n) is 1.83. The number of ether oxygens (including phenoxy) is 2. The second-order valence-corrected chi connectivity index (χ2v) is 19.9. The molecule has 0 bridgehead atoms. The van der Waals surface area contributed by atoms with E-state index in [0.717, 1.165) is 25.3 Å². The quantitative estimate of drug-likeness (QED) is 0.784. The Balaban J connectivity index is 1.96. The van der Waals surface area contributed by atoms with Gasteiger partial charge in [-0.2, -0.15) is 0 Å². The van der Waals surface area contributed by atoms with Gasteiger partial charge in [0.2, 0.25) is 0 Å². The van der Waals surface area contributed by atoms with Gasteiger partial charge in [-0.3, -0.25) is 0 Å². The third-order valence-electron chi connectivity index (χ3n) is 2.93. The van der Waals surface area contributed by atoms with Crippen molar-refractivity contribution < 1.29 is 9.47 Å². The van der Waals surface area contributed by atoms with E-state index in [4.69, 9.17) is 14.5 Å². The van der Waals surface area contributed by atoms with E-state index in [1.807, 2.05) is 0 Å². The van der Waals surface area contributed by atoms with Crippen molar-refractivity contribution in [3.8, 4) is 0 Å². The molecule has 94 valence electrons. The molecule has 1 saturated heterocycles. The molecule has 0 aliphatic carbocycles. The molecule has 0 saturated carbocycles. The van der Waals surface area contributed by atoms with Gasteiger partial charge < -0.3 is 0 Å². The zero-order valence-electron chi connectivity index (χ0n) is 10.9. The van der Waals surface area contributed by atoms with Crippen LogP contribution >= 0.6 is 0 Å². The van der Waals surface area contributed by atoms with Gasteiger partial charge in [0.1, 0.15) is 0 Å². The minimum absolute atomic E-state index is 0.263. The summed E-state index contributed by atoms with van der Waals surface area (Å²) in [5.74, 6) is 0. The summed E-state index contributed by atoms with van der Waals surface area (Å²) in [5.41, 5.74) is 1.06. The summed E-state index contributed by atoms with van der Waals surface area (Å²) in [6.07, 6.45) is 1.27. The van der Waals surface area contributed by atoms with Crippen LogP contribution in [0.3, 0.4) is 0 Å². The Morgan fingerprint density at radius 2 is 2.24 bits per heavy atom. The molecule has 2 heterocycles. The van der Waals surface area contributed by atoms with Crippen molar-refractivity contribution in [3.05, 3.63) is 23.9 Å². The van der Waals surface area contributed by atoms with Crippen LogP contribution in [0.2, 0.25) is 14.8 Å². The summed E-state index contributed by atoms with van der Waals surface area (Å²) < 4.78 is 12.4. The Bertz CT molecular complexity index is 370. The monoisotopic (exact) mass is 343 g/mol. The van der Waals surface area contributed by atoms with Crippen LogP contribution in [-0.4, -0.2) is 42.7 Å². The Kier molecular flexibility index (Phi) is 4.44. The molecule has 0 amide bonds. The van der Waals surface area contributed by atoms with E-state index < -0.39 is 18.4 Å². The van der Waals surface area contributed by atoms with E-state index in [-0.39, 0.29) is 6.10 Å². The summed E-state index contributed by atoms with van der Waals surface area (Å²) in [6, 6.07) is 6.32. The number of hydrogen-bond donors (Lipinski definition) is 0. The van der Waals surface area contributed by atoms with E-state index in [9.17, 15) is 0 Å². The zero-order valence-corrected chi connectivity index (χ0v) is 13.8. The van der Waals surface area contributed by atoms with Crippen molar-refractivity contribution in [2.24, 2.45) is 0 Å². The summed E-state index contributed by atoms with van der Waals surface area (Å²) in [5, 5.41) is 0. The van der Waals surface area contributed by atoms with Crippen LogP contribution in [0, 0.1) is 0 Å². The molecule has 0 N–H and O–H groups in total. The second kappa shape index (κ2) is 5.67. The molecule has 1 aliphatic heterocycles. The van der Waals surface area contributed by atoms with Crippen LogP contribution in [0.1, 0.15) is 12.1 Å². The molecule has 0 spiro atoms. The SMILES string of the molecule is [CH3][Sn]([CH3])([CH3])[c]1cccc(CO[C@H]2CCOC2)n1. The summed E-state index contributed by atoms with van der Waals surface area (Å²) in [7, 11) is 0. The number of nitrogens with zero attached hydrogens (tertiary/aromatic N) is 1. The third kappa shape index (κ3) is 3.93. The molecule has 0 unspecified atom stereocenters. The van der Waals surface area contributed by atoms with Crippen molar-refractivity contribution in [2.45, 2.75) is 34.0 Å². The van der Waals surface area contributed by atoms with Gasteiger partial charge in [-0.1, -0.05) is 0 Å². The van der Waals surface area contributed by atoms with Crippen molar-refractivity contribution in [2.75, 3.05) is 13.2 Å². The van der Waals surface area contributed by atoms with E-state index in [2.05, 4.69) is 33.0 Å². The van der Waals surface area contributed by atoms with Gasteiger partial charge in [-0.15, -0.1) is 0 Å². The van der Waals surface area contributed by atoms with Gasteiger partial charge in [0.05, 0.1) is 0 Å². The van der Waals surface area contributed by atoms with Gasteiger partial charge >= 0.3 is 108 Å². The fraction of sp³-hybridized carbons (Fsp3) is 0.615. The van der Waals surface area contributed by atoms with E-state index in [1.165, 1.54) is 3.71 Å². The molecule has 17 heavy (non-hydrogen) atoms. The average molecular weight is 342 g/mol. The van der Waals surface area contributed by atoms with Crippen molar-refractivity contribution >= 4 is 22.1 Å². The Labute approximate surface area is 107 Å². The number of aromatic nitrogens is 1. The van der Waals surface area contributed by atoms with Crippen LogP contribution in [0.15, 0.2) is 18.2 Å². The van der Waals surface area contributed by atoms with Crippen LogP contribution in [0.25, 0.3) is 0 Å². The Morgan fingerprint density at radius 3 is 2.88 bits per heavy atom. The first kappa shape index (κ1) is 13.3. The Hall–Kier alpha value is -0.131. The molecule has 0 aromatic carbocycles. The minimum atomic E-state index is -2.04. The maximum absolute atomic E-state index is 5.79.